The zero-order chi connectivity index (χ0) is 22.2. The van der Waals surface area contributed by atoms with Gasteiger partial charge in [0.25, 0.3) is 5.91 Å². The fourth-order valence-corrected chi connectivity index (χ4v) is 3.39. The number of carbonyl (C=O) groups is 3. The van der Waals surface area contributed by atoms with Crippen LogP contribution in [0.25, 0.3) is 0 Å². The van der Waals surface area contributed by atoms with Gasteiger partial charge in [0.15, 0.2) is 0 Å². The van der Waals surface area contributed by atoms with E-state index < -0.39 is 6.04 Å². The van der Waals surface area contributed by atoms with Gasteiger partial charge in [0.2, 0.25) is 5.91 Å². The first-order valence-electron chi connectivity index (χ1n) is 9.75. The predicted molar refractivity (Wildman–Crippen MR) is 120 cm³/mol. The molecule has 4 N–H and O–H groups in total. The summed E-state index contributed by atoms with van der Waals surface area (Å²) in [4.78, 5) is 37.5. The number of nitrogens with one attached hydrogen (secondary N) is 4. The van der Waals surface area contributed by atoms with E-state index in [9.17, 15) is 14.4 Å². The number of hydrogen-bond donors (Lipinski definition) is 4. The molecule has 8 nitrogen and oxygen atoms in total. The molecule has 1 atom stereocenters. The quantitative estimate of drug-likeness (QED) is 0.423. The van der Waals surface area contributed by atoms with Crippen LogP contribution in [0.15, 0.2) is 64.6 Å². The number of furan rings is 1. The van der Waals surface area contributed by atoms with Gasteiger partial charge in [-0.05, 0) is 53.8 Å². The van der Waals surface area contributed by atoms with Crippen molar-refractivity contribution in [3.63, 3.8) is 0 Å². The van der Waals surface area contributed by atoms with Crippen molar-refractivity contribution in [2.75, 3.05) is 10.6 Å². The maximum atomic E-state index is 12.7. The number of rotatable bonds is 8. The van der Waals surface area contributed by atoms with Crippen molar-refractivity contribution in [3.8, 4) is 0 Å². The summed E-state index contributed by atoms with van der Waals surface area (Å²) in [7, 11) is 0. The Morgan fingerprint density at radius 2 is 1.68 bits per heavy atom. The van der Waals surface area contributed by atoms with Crippen molar-refractivity contribution in [1.82, 2.24) is 10.6 Å². The Balaban J connectivity index is 1.52. The lowest BCUT2D eigenvalue weighted by atomic mass is 10.0. The molecule has 1 aromatic carbocycles. The lowest BCUT2D eigenvalue weighted by Crippen LogP contribution is -2.46. The van der Waals surface area contributed by atoms with Gasteiger partial charge in [-0.25, -0.2) is 4.79 Å². The Bertz CT molecular complexity index is 999. The molecule has 1 unspecified atom stereocenters. The molecule has 0 spiro atoms. The van der Waals surface area contributed by atoms with Gasteiger partial charge >= 0.3 is 6.03 Å². The third-order valence-corrected chi connectivity index (χ3v) is 5.26. The van der Waals surface area contributed by atoms with Crippen LogP contribution in [0.3, 0.4) is 0 Å². The molecule has 3 rings (SSSR count). The Morgan fingerprint density at radius 1 is 0.968 bits per heavy atom. The molecular formula is C22H24N4O4S. The molecule has 0 aliphatic heterocycles. The van der Waals surface area contributed by atoms with Gasteiger partial charge in [-0.3, -0.25) is 9.59 Å². The highest BCUT2D eigenvalue weighted by molar-refractivity contribution is 7.12. The molecule has 0 saturated heterocycles. The summed E-state index contributed by atoms with van der Waals surface area (Å²) in [6, 6.07) is 12.7. The van der Waals surface area contributed by atoms with E-state index in [0.29, 0.717) is 22.0 Å². The van der Waals surface area contributed by atoms with E-state index >= 15 is 0 Å². The van der Waals surface area contributed by atoms with Crippen LogP contribution in [0.4, 0.5) is 16.2 Å². The first-order valence-corrected chi connectivity index (χ1v) is 10.6. The lowest BCUT2D eigenvalue weighted by molar-refractivity contribution is -0.118. The Hall–Kier alpha value is -3.59. The Kier molecular flexibility index (Phi) is 7.45. The zero-order valence-electron chi connectivity index (χ0n) is 17.2. The molecule has 0 radical (unpaired) electrons. The van der Waals surface area contributed by atoms with Crippen LogP contribution in [0, 0.1) is 5.92 Å². The molecule has 3 aromatic rings. The maximum absolute atomic E-state index is 12.7. The van der Waals surface area contributed by atoms with Crippen LogP contribution in [-0.4, -0.2) is 23.9 Å². The fourth-order valence-electron chi connectivity index (χ4n) is 2.77. The molecular weight excluding hydrogens is 416 g/mol. The average molecular weight is 441 g/mol. The minimum atomic E-state index is -0.681. The van der Waals surface area contributed by atoms with Crippen LogP contribution in [0.2, 0.25) is 0 Å². The maximum Gasteiger partial charge on any atom is 0.319 e. The monoisotopic (exact) mass is 440 g/mol. The first kappa shape index (κ1) is 22.1. The second-order valence-corrected chi connectivity index (χ2v) is 8.07. The highest BCUT2D eigenvalue weighted by atomic mass is 32.1. The van der Waals surface area contributed by atoms with Gasteiger partial charge in [-0.1, -0.05) is 19.9 Å². The Labute approximate surface area is 184 Å². The molecule has 0 bridgehead atoms. The normalized spacial score (nSPS) is 11.6. The number of hydrogen-bond acceptors (Lipinski definition) is 5. The van der Waals surface area contributed by atoms with Gasteiger partial charge < -0.3 is 25.7 Å². The summed E-state index contributed by atoms with van der Waals surface area (Å²) in [5.41, 5.74) is 1.13. The van der Waals surface area contributed by atoms with E-state index in [4.69, 9.17) is 4.42 Å². The summed E-state index contributed by atoms with van der Waals surface area (Å²) in [5.74, 6) is -0.0254. The number of thiophene rings is 1. The lowest BCUT2D eigenvalue weighted by Gasteiger charge is -2.21. The smallest absolute Gasteiger partial charge is 0.319 e. The molecule has 0 saturated carbocycles. The summed E-state index contributed by atoms with van der Waals surface area (Å²) in [6.07, 6.45) is 1.54. The standard InChI is InChI=1S/C22H24N4O4S/c1-14(2)19(26-20(27)18-6-4-12-31-18)21(28)24-15-7-9-16(10-8-15)25-22(29)23-13-17-5-3-11-30-17/h3-12,14,19H,13H2,1-2H3,(H,24,28)(H,26,27)(H2,23,25,29). The number of anilines is 2. The van der Waals surface area contributed by atoms with Gasteiger partial charge in [-0.2, -0.15) is 0 Å². The van der Waals surface area contributed by atoms with Crippen molar-refractivity contribution in [3.05, 3.63) is 70.8 Å². The largest absolute Gasteiger partial charge is 0.467 e. The summed E-state index contributed by atoms with van der Waals surface area (Å²) in [6.45, 7) is 4.02. The van der Waals surface area contributed by atoms with Crippen molar-refractivity contribution >= 4 is 40.6 Å². The van der Waals surface area contributed by atoms with Crippen LogP contribution >= 0.6 is 11.3 Å². The molecule has 0 fully saturated rings. The average Bonchev–Trinajstić information content (AvgIpc) is 3.45. The minimum absolute atomic E-state index is 0.0947. The molecule has 0 aliphatic carbocycles. The second-order valence-electron chi connectivity index (χ2n) is 7.13. The highest BCUT2D eigenvalue weighted by Gasteiger charge is 2.25. The number of amides is 4. The van der Waals surface area contributed by atoms with Gasteiger partial charge in [0.05, 0.1) is 17.7 Å². The van der Waals surface area contributed by atoms with Gasteiger partial charge in [-0.15, -0.1) is 11.3 Å². The Morgan fingerprint density at radius 3 is 2.26 bits per heavy atom. The first-order chi connectivity index (χ1) is 14.9. The molecule has 31 heavy (non-hydrogen) atoms. The SMILES string of the molecule is CC(C)C(NC(=O)c1cccs1)C(=O)Nc1ccc(NC(=O)NCc2ccco2)cc1. The van der Waals surface area contributed by atoms with E-state index in [1.807, 2.05) is 19.2 Å². The topological polar surface area (TPSA) is 112 Å². The van der Waals surface area contributed by atoms with E-state index in [-0.39, 0.29) is 30.3 Å². The summed E-state index contributed by atoms with van der Waals surface area (Å²) >= 11 is 1.32. The van der Waals surface area contributed by atoms with Crippen molar-refractivity contribution < 1.29 is 18.8 Å². The third kappa shape index (κ3) is 6.45. The van der Waals surface area contributed by atoms with Crippen molar-refractivity contribution in [2.24, 2.45) is 5.92 Å². The predicted octanol–water partition coefficient (Wildman–Crippen LogP) is 4.06. The zero-order valence-corrected chi connectivity index (χ0v) is 18.0. The number of carbonyl (C=O) groups excluding carboxylic acids is 3. The van der Waals surface area contributed by atoms with Crippen LogP contribution in [0.5, 0.6) is 0 Å². The minimum Gasteiger partial charge on any atom is -0.467 e. The van der Waals surface area contributed by atoms with Gasteiger partial charge in [0, 0.05) is 11.4 Å². The molecule has 2 aromatic heterocycles. The van der Waals surface area contributed by atoms with Crippen LogP contribution < -0.4 is 21.3 Å². The van der Waals surface area contributed by atoms with E-state index in [1.165, 1.54) is 11.3 Å². The van der Waals surface area contributed by atoms with Crippen LogP contribution in [-0.2, 0) is 11.3 Å². The van der Waals surface area contributed by atoms with Crippen molar-refractivity contribution in [2.45, 2.75) is 26.4 Å². The summed E-state index contributed by atoms with van der Waals surface area (Å²) < 4.78 is 5.16. The van der Waals surface area contributed by atoms with Crippen molar-refractivity contribution in [1.29, 1.82) is 0 Å². The summed E-state index contributed by atoms with van der Waals surface area (Å²) in [5, 5.41) is 12.8. The van der Waals surface area contributed by atoms with E-state index in [1.54, 1.807) is 54.8 Å². The van der Waals surface area contributed by atoms with Gasteiger partial charge in [0.1, 0.15) is 11.8 Å². The van der Waals surface area contributed by atoms with Crippen LogP contribution in [0.1, 0.15) is 29.3 Å². The molecule has 162 valence electrons. The van der Waals surface area contributed by atoms with E-state index in [2.05, 4.69) is 21.3 Å². The highest BCUT2D eigenvalue weighted by Crippen LogP contribution is 2.16. The number of urea groups is 1. The van der Waals surface area contributed by atoms with E-state index in [0.717, 1.165) is 0 Å². The fraction of sp³-hybridized carbons (Fsp3) is 0.227. The number of benzene rings is 1. The molecule has 4 amide bonds. The molecule has 9 heteroatoms. The molecule has 2 heterocycles. The second kappa shape index (κ2) is 10.4. The molecule has 0 aliphatic rings. The third-order valence-electron chi connectivity index (χ3n) is 4.39.